The molecule has 3 aromatic heterocycles. The molecular weight excluding hydrogens is 896 g/mol. The second-order valence-corrected chi connectivity index (χ2v) is 17.0. The number of imide groups is 2. The third-order valence-corrected chi connectivity index (χ3v) is 12.3. The van der Waals surface area contributed by atoms with Crippen molar-refractivity contribution in [3.8, 4) is 11.3 Å². The molecule has 22 heteroatoms. The predicted octanol–water partition coefficient (Wildman–Crippen LogP) is 2.96. The van der Waals surface area contributed by atoms with Crippen LogP contribution < -0.4 is 21.7 Å². The van der Waals surface area contributed by atoms with E-state index in [-0.39, 0.29) is 74.2 Å². The van der Waals surface area contributed by atoms with E-state index in [9.17, 15) is 28.8 Å². The number of piperazine rings is 1. The number of hydrogen-bond donors (Lipinski definition) is 5. The average Bonchev–Trinajstić information content (AvgIpc) is 3.76. The van der Waals surface area contributed by atoms with E-state index in [2.05, 4.69) is 36.0 Å². The van der Waals surface area contributed by atoms with Crippen LogP contribution in [-0.4, -0.2) is 153 Å². The van der Waals surface area contributed by atoms with Gasteiger partial charge in [0.1, 0.15) is 24.2 Å². The Morgan fingerprint density at radius 2 is 1.72 bits per heavy atom. The van der Waals surface area contributed by atoms with Gasteiger partial charge >= 0.3 is 0 Å². The van der Waals surface area contributed by atoms with Crippen molar-refractivity contribution in [1.29, 1.82) is 0 Å². The number of H-pyrrole nitrogens is 1. The number of primary amides is 1. The number of halogens is 1. The highest BCUT2D eigenvalue weighted by Gasteiger charge is 2.45. The summed E-state index contributed by atoms with van der Waals surface area (Å²) < 4.78 is 34.7. The summed E-state index contributed by atoms with van der Waals surface area (Å²) in [5, 5.41) is 15.3. The Bertz CT molecular complexity index is 2800. The topological polar surface area (TPSA) is 261 Å². The van der Waals surface area contributed by atoms with Gasteiger partial charge in [0.2, 0.25) is 17.7 Å². The number of anilines is 3. The summed E-state index contributed by atoms with van der Waals surface area (Å²) in [6.45, 7) is 4.04. The Balaban J connectivity index is 0.671. The first-order chi connectivity index (χ1) is 33.5. The van der Waals surface area contributed by atoms with Crippen molar-refractivity contribution in [2.45, 2.75) is 44.1 Å². The van der Waals surface area contributed by atoms with E-state index in [0.29, 0.717) is 74.5 Å². The van der Waals surface area contributed by atoms with E-state index in [4.69, 9.17) is 24.9 Å². The summed E-state index contributed by atoms with van der Waals surface area (Å²) in [6, 6.07) is 8.18. The molecule has 1 unspecified atom stereocenters. The lowest BCUT2D eigenvalue weighted by atomic mass is 10.0. The van der Waals surface area contributed by atoms with Crippen molar-refractivity contribution < 1.29 is 47.4 Å². The van der Waals surface area contributed by atoms with Gasteiger partial charge in [-0.2, -0.15) is 5.10 Å². The lowest BCUT2D eigenvalue weighted by molar-refractivity contribution is -0.136. The summed E-state index contributed by atoms with van der Waals surface area (Å²) in [5.41, 5.74) is 9.76. The highest BCUT2D eigenvalue weighted by atomic mass is 19.1. The van der Waals surface area contributed by atoms with Crippen molar-refractivity contribution in [2.24, 2.45) is 5.73 Å². The van der Waals surface area contributed by atoms with Crippen LogP contribution >= 0.6 is 0 Å². The number of imidazole rings is 1. The highest BCUT2D eigenvalue weighted by Crippen LogP contribution is 2.41. The van der Waals surface area contributed by atoms with Gasteiger partial charge in [0.25, 0.3) is 17.7 Å². The molecule has 9 rings (SSSR count). The van der Waals surface area contributed by atoms with E-state index >= 15 is 4.39 Å². The van der Waals surface area contributed by atoms with Crippen molar-refractivity contribution in [1.82, 2.24) is 44.6 Å². The lowest BCUT2D eigenvalue weighted by Crippen LogP contribution is -2.54. The zero-order chi connectivity index (χ0) is 48.0. The number of rotatable bonds is 21. The maximum atomic E-state index is 15.7. The molecule has 4 aliphatic rings. The van der Waals surface area contributed by atoms with Gasteiger partial charge < -0.3 is 35.5 Å². The van der Waals surface area contributed by atoms with Crippen LogP contribution in [-0.2, 0) is 28.6 Å². The maximum absolute atomic E-state index is 15.7. The fraction of sp³-hybridized carbons (Fsp3) is 0.383. The minimum atomic E-state index is -1.05. The molecule has 0 radical (unpaired) electrons. The number of amides is 6. The van der Waals surface area contributed by atoms with Gasteiger partial charge in [-0.1, -0.05) is 6.07 Å². The fourth-order valence-electron chi connectivity index (χ4n) is 8.59. The molecule has 69 heavy (non-hydrogen) atoms. The molecule has 3 fully saturated rings. The molecule has 5 aromatic rings. The van der Waals surface area contributed by atoms with Crippen molar-refractivity contribution in [3.63, 3.8) is 0 Å². The van der Waals surface area contributed by atoms with Crippen LogP contribution in [0, 0.1) is 5.82 Å². The number of hydrogen-bond acceptors (Lipinski definition) is 15. The van der Waals surface area contributed by atoms with Gasteiger partial charge in [-0.15, -0.1) is 0 Å². The van der Waals surface area contributed by atoms with Crippen molar-refractivity contribution in [2.75, 3.05) is 82.9 Å². The number of carbonyl (C=O) groups is 6. The number of benzene rings is 2. The Morgan fingerprint density at radius 3 is 2.46 bits per heavy atom. The second kappa shape index (κ2) is 20.8. The SMILES string of the molecule is NC(=O)C=C(CCN1CCN(C(=O)c2ccc(Nc3nc(C4CC4)cn4c(-c5cn[nH]c5)cnc34)c(F)c2)CC1)OCCOCCOCCNc1cccc2c1C(=O)N(C1CCC(=O)NC1=O)C2=O. The van der Waals surface area contributed by atoms with E-state index in [0.717, 1.165) is 34.7 Å². The lowest BCUT2D eigenvalue weighted by Gasteiger charge is -2.35. The minimum Gasteiger partial charge on any atom is -0.495 e. The minimum absolute atomic E-state index is 0.0365. The third kappa shape index (κ3) is 10.6. The summed E-state index contributed by atoms with van der Waals surface area (Å²) >= 11 is 0. The smallest absolute Gasteiger partial charge is 0.264 e. The summed E-state index contributed by atoms with van der Waals surface area (Å²) in [7, 11) is 0. The number of piperidine rings is 1. The molecule has 3 aliphatic heterocycles. The second-order valence-electron chi connectivity index (χ2n) is 17.0. The van der Waals surface area contributed by atoms with Gasteiger partial charge in [0, 0.05) is 93.3 Å². The van der Waals surface area contributed by atoms with Crippen LogP contribution in [0.25, 0.3) is 16.9 Å². The molecule has 1 atom stereocenters. The van der Waals surface area contributed by atoms with Gasteiger partial charge in [-0.25, -0.2) is 14.4 Å². The first kappa shape index (κ1) is 46.5. The quantitative estimate of drug-likeness (QED) is 0.0307. The Morgan fingerprint density at radius 1 is 0.928 bits per heavy atom. The molecule has 0 spiro atoms. The number of nitrogens with zero attached hydrogens (tertiary/aromatic N) is 7. The van der Waals surface area contributed by atoms with Gasteiger partial charge in [0.05, 0.1) is 67.0 Å². The summed E-state index contributed by atoms with van der Waals surface area (Å²) in [5.74, 6) is -2.64. The number of nitrogens with one attached hydrogen (secondary N) is 4. The highest BCUT2D eigenvalue weighted by molar-refractivity contribution is 6.25. The Labute approximate surface area is 394 Å². The molecule has 6 amide bonds. The number of fused-ring (bicyclic) bond motifs is 2. The molecule has 2 saturated heterocycles. The number of aromatic nitrogens is 5. The number of ether oxygens (including phenoxy) is 3. The van der Waals surface area contributed by atoms with Crippen LogP contribution in [0.5, 0.6) is 0 Å². The van der Waals surface area contributed by atoms with Gasteiger partial charge in [-0.3, -0.25) is 53.4 Å². The molecule has 1 saturated carbocycles. The van der Waals surface area contributed by atoms with E-state index < -0.39 is 41.4 Å². The summed E-state index contributed by atoms with van der Waals surface area (Å²) in [4.78, 5) is 89.8. The first-order valence-electron chi connectivity index (χ1n) is 22.8. The molecule has 1 aliphatic carbocycles. The predicted molar refractivity (Wildman–Crippen MR) is 246 cm³/mol. The van der Waals surface area contributed by atoms with Crippen molar-refractivity contribution >= 4 is 58.3 Å². The molecule has 6 heterocycles. The van der Waals surface area contributed by atoms with Crippen LogP contribution in [0.3, 0.4) is 0 Å². The van der Waals surface area contributed by atoms with Crippen LogP contribution in [0.15, 0.2) is 73.0 Å². The molecule has 6 N–H and O–H groups in total. The zero-order valence-electron chi connectivity index (χ0n) is 37.6. The van der Waals surface area contributed by atoms with E-state index in [1.165, 1.54) is 18.2 Å². The van der Waals surface area contributed by atoms with Gasteiger partial charge in [0.15, 0.2) is 11.5 Å². The van der Waals surface area contributed by atoms with E-state index in [1.54, 1.807) is 47.8 Å². The third-order valence-electron chi connectivity index (χ3n) is 12.3. The molecule has 0 bridgehead atoms. The molecule has 2 aromatic carbocycles. The number of nitrogens with two attached hydrogens (primary N) is 1. The first-order valence-corrected chi connectivity index (χ1v) is 22.8. The monoisotopic (exact) mass is 946 g/mol. The molecular formula is C47H51FN12O9. The van der Waals surface area contributed by atoms with Crippen LogP contribution in [0.1, 0.15) is 74.8 Å². The normalized spacial score (nSPS) is 17.6. The largest absolute Gasteiger partial charge is 0.495 e. The van der Waals surface area contributed by atoms with E-state index in [1.807, 2.05) is 10.6 Å². The molecule has 360 valence electrons. The maximum Gasteiger partial charge on any atom is 0.264 e. The van der Waals surface area contributed by atoms with Crippen LogP contribution in [0.2, 0.25) is 0 Å². The molecule has 21 nitrogen and oxygen atoms in total. The standard InChI is InChI=1S/C47H51FN12O9/c48-33-22-29(6-7-34(33)54-42-43-51-26-38(30-24-52-53-25-30)59(43)27-36(55-42)28-4-5-28)45(64)58-15-13-57(14-16-58)12-10-31(23-39(49)61)69-21-20-68-19-18-67-17-11-50-35-3-1-2-32-41(35)47(66)60(46(32)65)37-8-9-40(62)56-44(37)63/h1-3,6-7,22-28,37,50H,4-5,8-21H2,(H2,49,61)(H,52,53)(H,54,55)(H,56,62,63). The average molecular weight is 947 g/mol. The zero-order valence-corrected chi connectivity index (χ0v) is 37.6. The number of aromatic amines is 1. The Hall–Kier alpha value is -7.56. The Kier molecular flexibility index (Phi) is 14.0. The van der Waals surface area contributed by atoms with Gasteiger partial charge in [-0.05, 0) is 49.6 Å². The van der Waals surface area contributed by atoms with Crippen molar-refractivity contribution in [3.05, 3.63) is 101 Å². The number of carbonyl (C=O) groups excluding carboxylic acids is 6. The fourth-order valence-corrected chi connectivity index (χ4v) is 8.59. The summed E-state index contributed by atoms with van der Waals surface area (Å²) in [6.07, 6.45) is 11.0. The van der Waals surface area contributed by atoms with Crippen LogP contribution in [0.4, 0.5) is 21.6 Å².